The van der Waals surface area contributed by atoms with Gasteiger partial charge in [-0.3, -0.25) is 0 Å². The van der Waals surface area contributed by atoms with E-state index in [4.69, 9.17) is 0 Å². The molecule has 0 saturated heterocycles. The molecule has 0 aliphatic carbocycles. The van der Waals surface area contributed by atoms with Crippen molar-refractivity contribution in [2.24, 2.45) is 5.41 Å². The van der Waals surface area contributed by atoms with Crippen LogP contribution in [0.1, 0.15) is 51.2 Å². The first-order valence-electron chi connectivity index (χ1n) is 8.92. The van der Waals surface area contributed by atoms with Crippen molar-refractivity contribution >= 4 is 6.29 Å². The average molecular weight is 476 g/mol. The number of fused-ring (bicyclic) bond motifs is 1. The van der Waals surface area contributed by atoms with Crippen LogP contribution < -0.4 is 5.32 Å². The van der Waals surface area contributed by atoms with Crippen LogP contribution in [0.3, 0.4) is 0 Å². The number of rotatable bonds is 7. The van der Waals surface area contributed by atoms with Crippen molar-refractivity contribution in [1.29, 1.82) is 0 Å². The Kier molecular flexibility index (Phi) is 13.2. The minimum absolute atomic E-state index is 0. The summed E-state index contributed by atoms with van der Waals surface area (Å²) in [5.74, 6) is -0.152. The SMILES string of the molecule is CCCC(C)(CC)CNCC=O.CN1[CH-]c2cc(F)ccc2CC1.[Pr]. The van der Waals surface area contributed by atoms with Crippen molar-refractivity contribution in [2.75, 3.05) is 26.7 Å². The summed E-state index contributed by atoms with van der Waals surface area (Å²) < 4.78 is 12.8. The summed E-state index contributed by atoms with van der Waals surface area (Å²) in [5.41, 5.74) is 2.64. The number of aldehydes is 1. The molecule has 1 aromatic carbocycles. The number of likely N-dealkylation sites (N-methyl/N-ethyl adjacent to an activating group) is 1. The Labute approximate surface area is 186 Å². The second-order valence-electron chi connectivity index (χ2n) is 6.91. The zero-order chi connectivity index (χ0) is 18.0. The number of nitrogens with one attached hydrogen (secondary N) is 1. The van der Waals surface area contributed by atoms with Crippen LogP contribution in [-0.4, -0.2) is 37.9 Å². The second kappa shape index (κ2) is 13.2. The van der Waals surface area contributed by atoms with Gasteiger partial charge in [-0.2, -0.15) is 5.56 Å². The van der Waals surface area contributed by atoms with E-state index in [9.17, 15) is 9.18 Å². The molecule has 1 N–H and O–H groups in total. The van der Waals surface area contributed by atoms with Crippen LogP contribution in [0.15, 0.2) is 18.2 Å². The fraction of sp³-hybridized carbons (Fsp3) is 0.600. The third-order valence-corrected chi connectivity index (χ3v) is 4.69. The van der Waals surface area contributed by atoms with Crippen molar-refractivity contribution in [3.05, 3.63) is 41.7 Å². The Bertz CT molecular complexity index is 512. The minimum atomic E-state index is -0.152. The summed E-state index contributed by atoms with van der Waals surface area (Å²) in [4.78, 5) is 12.2. The van der Waals surface area contributed by atoms with Gasteiger partial charge in [-0.05, 0) is 31.8 Å². The fourth-order valence-electron chi connectivity index (χ4n) is 2.94. The monoisotopic (exact) mass is 476 g/mol. The van der Waals surface area contributed by atoms with Crippen molar-refractivity contribution in [3.63, 3.8) is 0 Å². The zero-order valence-electron chi connectivity index (χ0n) is 16.1. The van der Waals surface area contributed by atoms with Crippen molar-refractivity contribution in [1.82, 2.24) is 10.2 Å². The third-order valence-electron chi connectivity index (χ3n) is 4.69. The first-order chi connectivity index (χ1) is 11.4. The Morgan fingerprint density at radius 1 is 1.40 bits per heavy atom. The van der Waals surface area contributed by atoms with Gasteiger partial charge in [0.1, 0.15) is 6.29 Å². The van der Waals surface area contributed by atoms with Crippen LogP contribution in [-0.2, 0) is 11.2 Å². The summed E-state index contributed by atoms with van der Waals surface area (Å²) in [6, 6.07) is 4.98. The summed E-state index contributed by atoms with van der Waals surface area (Å²) in [5, 5.41) is 3.14. The number of hydrogen-bond acceptors (Lipinski definition) is 3. The van der Waals surface area contributed by atoms with Crippen LogP contribution in [0.5, 0.6) is 0 Å². The smallest absolute Gasteiger partial charge is 0.133 e. The maximum Gasteiger partial charge on any atom is 0.133 e. The molecule has 3 nitrogen and oxygen atoms in total. The number of halogens is 1. The summed E-state index contributed by atoms with van der Waals surface area (Å²) in [6.07, 6.45) is 5.56. The molecule has 5 heteroatoms. The van der Waals surface area contributed by atoms with Crippen LogP contribution >= 0.6 is 0 Å². The first-order valence-corrected chi connectivity index (χ1v) is 8.92. The van der Waals surface area contributed by atoms with E-state index in [0.717, 1.165) is 31.4 Å². The first kappa shape index (κ1) is 25.0. The predicted octanol–water partition coefficient (Wildman–Crippen LogP) is 3.81. The number of hydrogen-bond donors (Lipinski definition) is 1. The third kappa shape index (κ3) is 9.46. The van der Waals surface area contributed by atoms with Crippen LogP contribution in [0.2, 0.25) is 0 Å². The van der Waals surface area contributed by atoms with E-state index in [1.54, 1.807) is 6.07 Å². The molecule has 1 aromatic rings. The summed E-state index contributed by atoms with van der Waals surface area (Å²) in [7, 11) is 2.01. The van der Waals surface area contributed by atoms with Gasteiger partial charge in [-0.1, -0.05) is 39.7 Å². The maximum absolute atomic E-state index is 12.8. The molecule has 1 aliphatic heterocycles. The Morgan fingerprint density at radius 3 is 2.72 bits per heavy atom. The molecular formula is C20H32FN2OPr-. The molecule has 1 heterocycles. The second-order valence-corrected chi connectivity index (χ2v) is 6.91. The van der Waals surface area contributed by atoms with E-state index < -0.39 is 0 Å². The molecule has 2 rings (SSSR count). The molecule has 25 heavy (non-hydrogen) atoms. The minimum Gasteiger partial charge on any atom is -0.337 e. The van der Waals surface area contributed by atoms with Gasteiger partial charge in [-0.25, -0.2) is 4.39 Å². The van der Waals surface area contributed by atoms with Crippen molar-refractivity contribution < 1.29 is 50.5 Å². The Morgan fingerprint density at radius 2 is 2.12 bits per heavy atom. The average Bonchev–Trinajstić information content (AvgIpc) is 2.55. The zero-order valence-corrected chi connectivity index (χ0v) is 19.9. The standard InChI is InChI=1S/C10H11FN.C10H21NO.Pr/c1-12-5-4-8-2-3-10(11)6-9(8)7-12;1-4-6-10(3,5-2)9-11-7-8-12;/h2-3,6-7H,4-5H2,1H3;8,11H,4-7,9H2,1-3H3;/q-1;;. The van der Waals surface area contributed by atoms with Gasteiger partial charge >= 0.3 is 0 Å². The van der Waals surface area contributed by atoms with Crippen molar-refractivity contribution in [3.8, 4) is 0 Å². The summed E-state index contributed by atoms with van der Waals surface area (Å²) >= 11 is 0. The van der Waals surface area contributed by atoms with E-state index in [1.807, 2.05) is 19.7 Å². The van der Waals surface area contributed by atoms with E-state index in [1.165, 1.54) is 30.9 Å². The Hall–Kier alpha value is -0.0264. The summed E-state index contributed by atoms with van der Waals surface area (Å²) in [6.45, 7) is 11.1. The van der Waals surface area contributed by atoms with Gasteiger partial charge in [0.05, 0.1) is 12.4 Å². The number of carbonyl (C=O) groups is 1. The number of benzene rings is 1. The number of carbonyl (C=O) groups excluding carboxylic acids is 1. The van der Waals surface area contributed by atoms with Gasteiger partial charge in [0.15, 0.2) is 0 Å². The topological polar surface area (TPSA) is 32.3 Å². The van der Waals surface area contributed by atoms with E-state index in [2.05, 4.69) is 31.0 Å². The Balaban J connectivity index is 0.000000443. The van der Waals surface area contributed by atoms with Crippen LogP contribution in [0.25, 0.3) is 0 Å². The van der Waals surface area contributed by atoms with Crippen LogP contribution in [0.4, 0.5) is 4.39 Å². The van der Waals surface area contributed by atoms with Gasteiger partial charge in [0.25, 0.3) is 0 Å². The largest absolute Gasteiger partial charge is 0.337 e. The van der Waals surface area contributed by atoms with Gasteiger partial charge in [0, 0.05) is 47.8 Å². The van der Waals surface area contributed by atoms with E-state index >= 15 is 0 Å². The van der Waals surface area contributed by atoms with E-state index in [0.29, 0.717) is 12.0 Å². The normalized spacial score (nSPS) is 15.6. The quantitative estimate of drug-likeness (QED) is 0.369. The fourth-order valence-corrected chi connectivity index (χ4v) is 2.94. The molecule has 1 atom stereocenters. The molecule has 139 valence electrons. The molecule has 0 fully saturated rings. The molecule has 0 amide bonds. The molecule has 0 saturated carbocycles. The molecule has 1 aliphatic rings. The van der Waals surface area contributed by atoms with Gasteiger partial charge in [-0.15, -0.1) is 24.2 Å². The van der Waals surface area contributed by atoms with E-state index in [-0.39, 0.29) is 47.1 Å². The molecule has 0 aromatic heterocycles. The number of nitrogens with zero attached hydrogens (tertiary/aromatic N) is 1. The maximum atomic E-state index is 12.8. The van der Waals surface area contributed by atoms with Gasteiger partial charge < -0.3 is 15.0 Å². The molecule has 1 radical (unpaired) electrons. The predicted molar refractivity (Wildman–Crippen MR) is 98.4 cm³/mol. The molecule has 0 spiro atoms. The van der Waals surface area contributed by atoms with Crippen LogP contribution in [0, 0.1) is 59.1 Å². The van der Waals surface area contributed by atoms with Crippen molar-refractivity contribution in [2.45, 2.75) is 46.5 Å². The molecule has 0 bridgehead atoms. The van der Waals surface area contributed by atoms with Gasteiger partial charge in [0.2, 0.25) is 0 Å². The molecule has 1 unspecified atom stereocenters. The molecular weight excluding hydrogens is 444 g/mol.